The highest BCUT2D eigenvalue weighted by molar-refractivity contribution is 6.29. The second-order valence-corrected chi connectivity index (χ2v) is 5.78. The van der Waals surface area contributed by atoms with Crippen molar-refractivity contribution in [2.45, 2.75) is 24.6 Å². The Kier molecular flexibility index (Phi) is 6.29. The lowest BCUT2D eigenvalue weighted by molar-refractivity contribution is -0.136. The number of carboxylic acids is 1. The third-order valence-corrected chi connectivity index (χ3v) is 3.88. The summed E-state index contributed by atoms with van der Waals surface area (Å²) in [7, 11) is 0. The first-order valence-corrected chi connectivity index (χ1v) is 7.85. The van der Waals surface area contributed by atoms with Crippen molar-refractivity contribution < 1.29 is 19.7 Å². The molecule has 0 aliphatic rings. The monoisotopic (exact) mass is 334 g/mol. The van der Waals surface area contributed by atoms with Gasteiger partial charge < -0.3 is 14.9 Å². The topological polar surface area (TPSA) is 66.8 Å². The van der Waals surface area contributed by atoms with Crippen LogP contribution in [-0.4, -0.2) is 28.2 Å². The van der Waals surface area contributed by atoms with Crippen LogP contribution in [-0.2, 0) is 17.6 Å². The molecule has 1 unspecified atom stereocenters. The molecular formula is C18H19ClO4. The van der Waals surface area contributed by atoms with Gasteiger partial charge >= 0.3 is 5.97 Å². The highest BCUT2D eigenvalue weighted by atomic mass is 35.5. The van der Waals surface area contributed by atoms with E-state index in [4.69, 9.17) is 21.4 Å². The zero-order chi connectivity index (χ0) is 16.7. The fourth-order valence-corrected chi connectivity index (χ4v) is 2.23. The number of phenolic OH excluding ortho intramolecular Hbond substituents is 1. The smallest absolute Gasteiger partial charge is 0.321 e. The van der Waals surface area contributed by atoms with Crippen molar-refractivity contribution in [1.82, 2.24) is 0 Å². The van der Waals surface area contributed by atoms with E-state index in [1.165, 1.54) is 0 Å². The molecule has 0 bridgehead atoms. The van der Waals surface area contributed by atoms with Gasteiger partial charge in [0.15, 0.2) is 0 Å². The van der Waals surface area contributed by atoms with Crippen molar-refractivity contribution >= 4 is 17.6 Å². The van der Waals surface area contributed by atoms with Gasteiger partial charge in [-0.3, -0.25) is 4.79 Å². The molecule has 0 aliphatic heterocycles. The Morgan fingerprint density at radius 2 is 1.57 bits per heavy atom. The molecule has 0 saturated carbocycles. The van der Waals surface area contributed by atoms with Gasteiger partial charge in [0.05, 0.1) is 6.61 Å². The summed E-state index contributed by atoms with van der Waals surface area (Å²) in [5.74, 6) is -0.0362. The number of ether oxygens (including phenoxy) is 1. The molecule has 2 rings (SSSR count). The molecule has 2 N–H and O–H groups in total. The fourth-order valence-electron chi connectivity index (χ4n) is 2.12. The van der Waals surface area contributed by atoms with Gasteiger partial charge in [-0.2, -0.15) is 0 Å². The number of aromatic hydroxyl groups is 1. The van der Waals surface area contributed by atoms with Crippen LogP contribution in [0.15, 0.2) is 48.5 Å². The Labute approximate surface area is 140 Å². The van der Waals surface area contributed by atoms with Crippen LogP contribution in [0.2, 0.25) is 0 Å². The van der Waals surface area contributed by atoms with E-state index >= 15 is 0 Å². The van der Waals surface area contributed by atoms with Crippen LogP contribution in [0, 0.1) is 0 Å². The summed E-state index contributed by atoms with van der Waals surface area (Å²) in [6.45, 7) is 0.549. The maximum absolute atomic E-state index is 10.7. The molecule has 2 aromatic rings. The lowest BCUT2D eigenvalue weighted by Crippen LogP contribution is -2.13. The molecule has 0 heterocycles. The number of hydrogen-bond donors (Lipinski definition) is 2. The van der Waals surface area contributed by atoms with Crippen LogP contribution in [0.5, 0.6) is 11.5 Å². The van der Waals surface area contributed by atoms with E-state index in [9.17, 15) is 9.90 Å². The molecule has 0 aromatic heterocycles. The third kappa shape index (κ3) is 5.83. The van der Waals surface area contributed by atoms with Gasteiger partial charge in [-0.15, -0.1) is 11.6 Å². The zero-order valence-corrected chi connectivity index (χ0v) is 13.4. The molecule has 0 fully saturated rings. The van der Waals surface area contributed by atoms with Gasteiger partial charge in [0.25, 0.3) is 0 Å². The summed E-state index contributed by atoms with van der Waals surface area (Å²) in [6, 6.07) is 14.6. The summed E-state index contributed by atoms with van der Waals surface area (Å²) in [6.07, 6.45) is 1.83. The van der Waals surface area contributed by atoms with Gasteiger partial charge in [-0.05, 0) is 48.2 Å². The zero-order valence-electron chi connectivity index (χ0n) is 12.6. The van der Waals surface area contributed by atoms with Gasteiger partial charge in [-0.1, -0.05) is 24.3 Å². The van der Waals surface area contributed by atoms with Crippen molar-refractivity contribution in [1.29, 1.82) is 0 Å². The fraction of sp³-hybridized carbons (Fsp3) is 0.278. The van der Waals surface area contributed by atoms with E-state index in [1.54, 1.807) is 24.3 Å². The number of phenols is 1. The third-order valence-electron chi connectivity index (χ3n) is 3.47. The number of benzene rings is 2. The number of carboxylic acid groups (broad SMARTS) is 1. The second kappa shape index (κ2) is 8.44. The maximum atomic E-state index is 10.7. The van der Waals surface area contributed by atoms with E-state index in [0.29, 0.717) is 19.4 Å². The van der Waals surface area contributed by atoms with Gasteiger partial charge in [0.1, 0.15) is 16.9 Å². The summed E-state index contributed by atoms with van der Waals surface area (Å²) < 4.78 is 5.61. The first kappa shape index (κ1) is 17.2. The summed E-state index contributed by atoms with van der Waals surface area (Å²) in [5.41, 5.74) is 2.22. The van der Waals surface area contributed by atoms with E-state index in [-0.39, 0.29) is 5.75 Å². The first-order chi connectivity index (χ1) is 11.0. The lowest BCUT2D eigenvalue weighted by Gasteiger charge is -2.08. The Hall–Kier alpha value is -2.20. The number of aryl methyl sites for hydroxylation is 1. The average Bonchev–Trinajstić information content (AvgIpc) is 2.55. The molecule has 0 radical (unpaired) electrons. The predicted octanol–water partition coefficient (Wildman–Crippen LogP) is 3.64. The van der Waals surface area contributed by atoms with Crippen molar-refractivity contribution in [2.24, 2.45) is 0 Å². The summed E-state index contributed by atoms with van der Waals surface area (Å²) >= 11 is 5.70. The molecule has 4 nitrogen and oxygen atoms in total. The normalized spacial score (nSPS) is 11.9. The highest BCUT2D eigenvalue weighted by Gasteiger charge is 2.12. The lowest BCUT2D eigenvalue weighted by atomic mass is 10.0. The number of halogens is 1. The number of carbonyl (C=O) groups is 1. The molecule has 122 valence electrons. The largest absolute Gasteiger partial charge is 0.508 e. The number of aliphatic carboxylic acids is 1. The Bertz CT molecular complexity index is 622. The van der Waals surface area contributed by atoms with Crippen molar-refractivity contribution in [3.05, 3.63) is 59.7 Å². The van der Waals surface area contributed by atoms with Gasteiger partial charge in [0, 0.05) is 6.42 Å². The highest BCUT2D eigenvalue weighted by Crippen LogP contribution is 2.16. The van der Waals surface area contributed by atoms with Gasteiger partial charge in [-0.25, -0.2) is 0 Å². The van der Waals surface area contributed by atoms with Crippen LogP contribution in [0.1, 0.15) is 17.5 Å². The van der Waals surface area contributed by atoms with Crippen LogP contribution in [0.4, 0.5) is 0 Å². The van der Waals surface area contributed by atoms with Gasteiger partial charge in [0.2, 0.25) is 0 Å². The standard InChI is InChI=1S/C18H19ClO4/c19-17(18(21)22)10-5-13-1-3-14(4-2-13)11-12-23-16-8-6-15(20)7-9-16/h1-4,6-9,17,20H,5,10-12H2,(H,21,22). The predicted molar refractivity (Wildman–Crippen MR) is 89.3 cm³/mol. The maximum Gasteiger partial charge on any atom is 0.321 e. The van der Waals surface area contributed by atoms with Crippen LogP contribution in [0.3, 0.4) is 0 Å². The van der Waals surface area contributed by atoms with E-state index in [2.05, 4.69) is 0 Å². The Morgan fingerprint density at radius 3 is 2.13 bits per heavy atom. The van der Waals surface area contributed by atoms with E-state index in [1.807, 2.05) is 24.3 Å². The molecule has 0 aliphatic carbocycles. The number of alkyl halides is 1. The Morgan fingerprint density at radius 1 is 1.00 bits per heavy atom. The molecule has 0 spiro atoms. The summed E-state index contributed by atoms with van der Waals surface area (Å²) in [5, 5.41) is 17.1. The summed E-state index contributed by atoms with van der Waals surface area (Å²) in [4.78, 5) is 10.7. The minimum absolute atomic E-state index is 0.218. The average molecular weight is 335 g/mol. The van der Waals surface area contributed by atoms with Crippen LogP contribution >= 0.6 is 11.6 Å². The minimum Gasteiger partial charge on any atom is -0.508 e. The van der Waals surface area contributed by atoms with Crippen molar-refractivity contribution in [3.8, 4) is 11.5 Å². The van der Waals surface area contributed by atoms with Crippen LogP contribution < -0.4 is 4.74 Å². The van der Waals surface area contributed by atoms with Crippen molar-refractivity contribution in [2.75, 3.05) is 6.61 Å². The molecule has 23 heavy (non-hydrogen) atoms. The SMILES string of the molecule is O=C(O)C(Cl)CCc1ccc(CCOc2ccc(O)cc2)cc1. The van der Waals surface area contributed by atoms with E-state index in [0.717, 1.165) is 23.3 Å². The second-order valence-electron chi connectivity index (χ2n) is 5.25. The molecular weight excluding hydrogens is 316 g/mol. The van der Waals surface area contributed by atoms with Crippen LogP contribution in [0.25, 0.3) is 0 Å². The molecule has 5 heteroatoms. The Balaban J connectivity index is 1.76. The minimum atomic E-state index is -0.977. The molecule has 2 aromatic carbocycles. The van der Waals surface area contributed by atoms with E-state index < -0.39 is 11.3 Å². The first-order valence-electron chi connectivity index (χ1n) is 7.41. The molecule has 1 atom stereocenters. The molecule has 0 saturated heterocycles. The number of hydrogen-bond acceptors (Lipinski definition) is 3. The van der Waals surface area contributed by atoms with Crippen molar-refractivity contribution in [3.63, 3.8) is 0 Å². The quantitative estimate of drug-likeness (QED) is 0.723. The number of rotatable bonds is 8. The molecule has 0 amide bonds.